The molecule has 228 valence electrons. The number of nitrogens with one attached hydrogen (secondary N) is 2. The van der Waals surface area contributed by atoms with Gasteiger partial charge < -0.3 is 41.0 Å². The third-order valence-corrected chi connectivity index (χ3v) is 15.6. The topological polar surface area (TPSA) is 24.1 Å². The molecule has 0 amide bonds. The first-order chi connectivity index (χ1) is 17.6. The second-order valence-corrected chi connectivity index (χ2v) is 24.6. The van der Waals surface area contributed by atoms with Crippen molar-refractivity contribution < 1.29 is 17.1 Å². The Kier molecular flexibility index (Phi) is 13.3. The number of hydrogen-bond donors (Lipinski definition) is 2. The predicted molar refractivity (Wildman–Crippen MR) is 180 cm³/mol. The van der Waals surface area contributed by atoms with E-state index >= 15 is 0 Å². The minimum atomic E-state index is -1.41. The zero-order chi connectivity index (χ0) is 28.2. The fourth-order valence-corrected chi connectivity index (χ4v) is 12.2. The zero-order valence-corrected chi connectivity index (χ0v) is 30.6. The Hall–Kier alpha value is 0.216. The van der Waals surface area contributed by atoms with Gasteiger partial charge in [0.05, 0.1) is 0 Å². The van der Waals surface area contributed by atoms with Crippen LogP contribution in [0.5, 0.6) is 0 Å². The SMILES string of the molecule is CC(C)(C)P(C[c-]1cc([Si](C)(C)C)cc1C(P)(C1CCCCN1)C1CCCCN1)C(C)(C)C.[Fe].[cH-]1[cH-][cH-][cH-][cH-]1. The van der Waals surface area contributed by atoms with Gasteiger partial charge in [-0.1, -0.05) is 80.2 Å². The summed E-state index contributed by atoms with van der Waals surface area (Å²) < 4.78 is 0. The number of rotatable bonds is 6. The van der Waals surface area contributed by atoms with Crippen molar-refractivity contribution in [3.05, 3.63) is 53.6 Å². The maximum atomic E-state index is 4.00. The molecule has 0 spiro atoms. The molecule has 0 aliphatic carbocycles. The molecular weight excluding hydrogens is 570 g/mol. The molecule has 2 aliphatic heterocycles. The second-order valence-electron chi connectivity index (χ2n) is 14.8. The van der Waals surface area contributed by atoms with E-state index in [1.807, 2.05) is 30.3 Å². The molecule has 2 heterocycles. The van der Waals surface area contributed by atoms with Gasteiger partial charge in [-0.15, -0.1) is 22.7 Å². The standard InChI is InChI=1S/C28H53N2P2Si.C5H5.Fe/c1-26(2,3)32(27(4,5)6)20-21-18-22(33(7,8)9)19-23(21)28(31,24-14-10-12-16-29-24)25-15-11-13-17-30-25;1-2-4-5-3-1;/h18-19,24-25,29-30H,10-17,20,31H2,1-9H3;1-5H;/q-1;-5;. The molecule has 2 nitrogen and oxygen atoms in total. The van der Waals surface area contributed by atoms with Crippen molar-refractivity contribution in [2.24, 2.45) is 0 Å². The molecule has 2 N–H and O–H groups in total. The largest absolute Gasteiger partial charge is 0.748 e. The first-order valence-electron chi connectivity index (χ1n) is 15.2. The molecule has 2 aromatic rings. The molecule has 4 rings (SSSR count). The van der Waals surface area contributed by atoms with E-state index in [9.17, 15) is 0 Å². The van der Waals surface area contributed by atoms with Crippen molar-refractivity contribution in [2.75, 3.05) is 13.1 Å². The van der Waals surface area contributed by atoms with Gasteiger partial charge in [-0.3, -0.25) is 0 Å². The van der Waals surface area contributed by atoms with E-state index in [-0.39, 0.29) is 30.1 Å². The van der Waals surface area contributed by atoms with E-state index < -0.39 is 8.07 Å². The quantitative estimate of drug-likeness (QED) is 0.191. The normalized spacial score (nSPS) is 22.4. The summed E-state index contributed by atoms with van der Waals surface area (Å²) in [6.07, 6.45) is 9.19. The van der Waals surface area contributed by atoms with Crippen LogP contribution in [0.2, 0.25) is 19.6 Å². The molecule has 3 unspecified atom stereocenters. The Morgan fingerprint density at radius 3 is 1.62 bits per heavy atom. The van der Waals surface area contributed by atoms with Crippen LogP contribution in [0.3, 0.4) is 0 Å². The molecule has 0 saturated carbocycles. The molecule has 6 heteroatoms. The van der Waals surface area contributed by atoms with Gasteiger partial charge in [0, 0.05) is 42.4 Å². The molecule has 39 heavy (non-hydrogen) atoms. The van der Waals surface area contributed by atoms with Crippen LogP contribution in [0, 0.1) is 0 Å². The van der Waals surface area contributed by atoms with Gasteiger partial charge in [0.15, 0.2) is 0 Å². The van der Waals surface area contributed by atoms with Crippen molar-refractivity contribution in [3.63, 3.8) is 0 Å². The second kappa shape index (κ2) is 14.6. The summed E-state index contributed by atoms with van der Waals surface area (Å²) in [5.74, 6) is 0. The third kappa shape index (κ3) is 9.35. The Bertz CT molecular complexity index is 904. The van der Waals surface area contributed by atoms with Gasteiger partial charge in [0.25, 0.3) is 0 Å². The summed E-state index contributed by atoms with van der Waals surface area (Å²) in [6, 6.07) is 16.4. The van der Waals surface area contributed by atoms with Crippen LogP contribution in [-0.2, 0) is 28.4 Å². The van der Waals surface area contributed by atoms with Crippen LogP contribution in [0.15, 0.2) is 42.5 Å². The minimum absolute atomic E-state index is 0. The van der Waals surface area contributed by atoms with E-state index in [1.165, 1.54) is 57.8 Å². The maximum Gasteiger partial charge on any atom is 0.0193 e. The first-order valence-corrected chi connectivity index (χ1v) is 20.8. The Morgan fingerprint density at radius 1 is 0.846 bits per heavy atom. The summed E-state index contributed by atoms with van der Waals surface area (Å²) >= 11 is 0. The van der Waals surface area contributed by atoms with Crippen LogP contribution >= 0.6 is 17.2 Å². The van der Waals surface area contributed by atoms with Crippen molar-refractivity contribution >= 4 is 30.4 Å². The fraction of sp³-hybridized carbons (Fsp3) is 0.697. The summed E-state index contributed by atoms with van der Waals surface area (Å²) in [7, 11) is 1.89. The van der Waals surface area contributed by atoms with Gasteiger partial charge in [0.2, 0.25) is 0 Å². The Morgan fingerprint density at radius 2 is 1.28 bits per heavy atom. The van der Waals surface area contributed by atoms with Gasteiger partial charge in [-0.25, -0.2) is 11.3 Å². The first kappa shape index (κ1) is 35.4. The average molecular weight is 629 g/mol. The number of hydrogen-bond acceptors (Lipinski definition) is 2. The molecule has 3 atom stereocenters. The molecule has 2 fully saturated rings. The van der Waals surface area contributed by atoms with Crippen LogP contribution in [0.4, 0.5) is 0 Å². The van der Waals surface area contributed by atoms with E-state index in [0.717, 1.165) is 0 Å². The summed E-state index contributed by atoms with van der Waals surface area (Å²) in [6.45, 7) is 24.8. The smallest absolute Gasteiger partial charge is 0.0193 e. The van der Waals surface area contributed by atoms with Crippen LogP contribution < -0.4 is 15.8 Å². The Balaban J connectivity index is 0.000000797. The zero-order valence-electron chi connectivity index (χ0n) is 26.4. The predicted octanol–water partition coefficient (Wildman–Crippen LogP) is 8.29. The molecule has 0 bridgehead atoms. The van der Waals surface area contributed by atoms with Gasteiger partial charge in [0.1, 0.15) is 0 Å². The van der Waals surface area contributed by atoms with Gasteiger partial charge in [-0.05, 0) is 49.1 Å². The summed E-state index contributed by atoms with van der Waals surface area (Å²) in [5, 5.41) is 10.4. The van der Waals surface area contributed by atoms with Gasteiger partial charge >= 0.3 is 0 Å². The van der Waals surface area contributed by atoms with E-state index in [4.69, 9.17) is 0 Å². The van der Waals surface area contributed by atoms with Crippen LogP contribution in [0.1, 0.15) is 91.2 Å². The average Bonchev–Trinajstić information content (AvgIpc) is 3.55. The van der Waals surface area contributed by atoms with Gasteiger partial charge in [-0.2, -0.15) is 11.6 Å². The van der Waals surface area contributed by atoms with Crippen molar-refractivity contribution in [1.29, 1.82) is 0 Å². The molecule has 0 aromatic heterocycles. The number of piperidine rings is 2. The maximum absolute atomic E-state index is 4.00. The van der Waals surface area contributed by atoms with E-state index in [1.54, 1.807) is 16.3 Å². The van der Waals surface area contributed by atoms with Crippen LogP contribution in [0.25, 0.3) is 0 Å². The van der Waals surface area contributed by atoms with E-state index in [0.29, 0.717) is 22.4 Å². The fourth-order valence-electron chi connectivity index (χ4n) is 6.63. The van der Waals surface area contributed by atoms with Crippen molar-refractivity contribution in [1.82, 2.24) is 10.6 Å². The van der Waals surface area contributed by atoms with Crippen LogP contribution in [-0.4, -0.2) is 43.6 Å². The minimum Gasteiger partial charge on any atom is -0.748 e. The van der Waals surface area contributed by atoms with E-state index in [2.05, 4.69) is 93.2 Å². The molecule has 2 aliphatic rings. The monoisotopic (exact) mass is 628 g/mol. The molecule has 2 aromatic carbocycles. The molecular formula is C33H58FeN2P2Si-6. The summed E-state index contributed by atoms with van der Waals surface area (Å²) in [4.78, 5) is 0. The Labute approximate surface area is 257 Å². The summed E-state index contributed by atoms with van der Waals surface area (Å²) in [5.41, 5.74) is 3.32. The molecule has 0 radical (unpaired) electrons. The molecule has 2 saturated heterocycles. The third-order valence-electron chi connectivity index (χ3n) is 8.59. The van der Waals surface area contributed by atoms with Crippen molar-refractivity contribution in [3.8, 4) is 0 Å². The van der Waals surface area contributed by atoms with Crippen molar-refractivity contribution in [2.45, 2.75) is 133 Å².